The lowest BCUT2D eigenvalue weighted by Crippen LogP contribution is -2.18. The second-order valence-electron chi connectivity index (χ2n) is 8.27. The van der Waals surface area contributed by atoms with Crippen molar-refractivity contribution in [1.82, 2.24) is 9.97 Å². The zero-order valence-electron chi connectivity index (χ0n) is 16.1. The smallest absolute Gasteiger partial charge is 0.341 e. The van der Waals surface area contributed by atoms with Crippen LogP contribution in [0.4, 0.5) is 0 Å². The Morgan fingerprint density at radius 2 is 1.54 bits per heavy atom. The molecular formula is C21H24N2O3. The first-order valence-electron chi connectivity index (χ1n) is 8.67. The molecule has 0 amide bonds. The number of nitrogens with zero attached hydrogens (tertiary/aromatic N) is 2. The van der Waals surface area contributed by atoms with Gasteiger partial charge in [-0.1, -0.05) is 33.8 Å². The number of rotatable bonds is 3. The second-order valence-corrected chi connectivity index (χ2v) is 8.27. The molecule has 1 aromatic heterocycles. The second kappa shape index (κ2) is 6.01. The Morgan fingerprint density at radius 3 is 2.08 bits per heavy atom. The van der Waals surface area contributed by atoms with Crippen LogP contribution in [0.1, 0.15) is 77.3 Å². The largest absolute Gasteiger partial charge is 0.465 e. The van der Waals surface area contributed by atoms with Gasteiger partial charge in [-0.05, 0) is 46.9 Å². The van der Waals surface area contributed by atoms with Gasteiger partial charge in [0.05, 0.1) is 12.7 Å². The predicted octanol–water partition coefficient (Wildman–Crippen LogP) is 3.76. The fourth-order valence-corrected chi connectivity index (χ4v) is 4.16. The first-order chi connectivity index (χ1) is 12.1. The van der Waals surface area contributed by atoms with E-state index in [1.165, 1.54) is 30.6 Å². The van der Waals surface area contributed by atoms with Crippen LogP contribution in [0.25, 0.3) is 0 Å². The van der Waals surface area contributed by atoms with E-state index >= 15 is 0 Å². The van der Waals surface area contributed by atoms with Crippen LogP contribution in [0.2, 0.25) is 0 Å². The lowest BCUT2D eigenvalue weighted by atomic mass is 9.82. The summed E-state index contributed by atoms with van der Waals surface area (Å²) in [5.41, 5.74) is 4.36. The highest BCUT2D eigenvalue weighted by atomic mass is 16.5. The monoisotopic (exact) mass is 352 g/mol. The maximum absolute atomic E-state index is 12.9. The first-order valence-corrected chi connectivity index (χ1v) is 8.67. The van der Waals surface area contributed by atoms with Gasteiger partial charge in [0, 0.05) is 18.0 Å². The molecule has 0 unspecified atom stereocenters. The summed E-state index contributed by atoms with van der Waals surface area (Å²) in [4.78, 5) is 32.6. The van der Waals surface area contributed by atoms with Gasteiger partial charge in [-0.25, -0.2) is 14.8 Å². The molecule has 1 aliphatic rings. The number of hydrogen-bond donors (Lipinski definition) is 0. The number of esters is 1. The molecule has 2 aromatic rings. The Bertz CT molecular complexity index is 896. The topological polar surface area (TPSA) is 69.2 Å². The van der Waals surface area contributed by atoms with Crippen LogP contribution >= 0.6 is 0 Å². The molecule has 136 valence electrons. The molecule has 0 radical (unpaired) electrons. The molecule has 3 rings (SSSR count). The quantitative estimate of drug-likeness (QED) is 0.621. The van der Waals surface area contributed by atoms with Crippen LogP contribution in [-0.4, -0.2) is 28.8 Å². The van der Waals surface area contributed by atoms with Crippen LogP contribution in [0.5, 0.6) is 0 Å². The number of fused-ring (bicyclic) bond motifs is 1. The van der Waals surface area contributed by atoms with E-state index in [9.17, 15) is 9.59 Å². The van der Waals surface area contributed by atoms with E-state index in [1.807, 2.05) is 13.0 Å². The number of aromatic nitrogens is 2. The summed E-state index contributed by atoms with van der Waals surface area (Å²) >= 11 is 0. The SMILES string of the molecule is COC(=O)c1cnc(C(=O)c2cc3c(cc2C)C(C)(C)CC3(C)C)nc1. The minimum Gasteiger partial charge on any atom is -0.465 e. The van der Waals surface area contributed by atoms with E-state index in [1.54, 1.807) is 0 Å². The Labute approximate surface area is 153 Å². The standard InChI is InChI=1S/C21H24N2O3/c1-12-7-15-16(21(4,5)11-20(15,2)3)8-14(12)17(24)18-22-9-13(10-23-18)19(25)26-6/h7-10H,11H2,1-6H3. The maximum atomic E-state index is 12.9. The van der Waals surface area contributed by atoms with Crippen molar-refractivity contribution in [2.45, 2.75) is 51.9 Å². The molecule has 0 spiro atoms. The Hall–Kier alpha value is -2.56. The average molecular weight is 352 g/mol. The summed E-state index contributed by atoms with van der Waals surface area (Å²) in [5, 5.41) is 0. The lowest BCUT2D eigenvalue weighted by Gasteiger charge is -2.22. The van der Waals surface area contributed by atoms with Gasteiger partial charge in [0.1, 0.15) is 0 Å². The Balaban J connectivity index is 2.03. The zero-order valence-corrected chi connectivity index (χ0v) is 16.1. The summed E-state index contributed by atoms with van der Waals surface area (Å²) in [6.45, 7) is 10.9. The van der Waals surface area contributed by atoms with E-state index in [0.29, 0.717) is 5.56 Å². The molecule has 5 heteroatoms. The lowest BCUT2D eigenvalue weighted by molar-refractivity contribution is 0.0599. The highest BCUT2D eigenvalue weighted by Crippen LogP contribution is 2.50. The molecule has 0 saturated heterocycles. The number of aryl methyl sites for hydroxylation is 1. The van der Waals surface area contributed by atoms with Crippen LogP contribution < -0.4 is 0 Å². The maximum Gasteiger partial charge on any atom is 0.341 e. The van der Waals surface area contributed by atoms with Gasteiger partial charge in [-0.2, -0.15) is 0 Å². The summed E-state index contributed by atoms with van der Waals surface area (Å²) in [6, 6.07) is 4.12. The van der Waals surface area contributed by atoms with Gasteiger partial charge >= 0.3 is 5.97 Å². The fourth-order valence-electron chi connectivity index (χ4n) is 4.16. The molecule has 0 bridgehead atoms. The minimum atomic E-state index is -0.526. The first kappa shape index (κ1) is 18.2. The van der Waals surface area contributed by atoms with Crippen LogP contribution in [0.15, 0.2) is 24.5 Å². The van der Waals surface area contributed by atoms with Gasteiger partial charge in [0.25, 0.3) is 0 Å². The molecule has 1 heterocycles. The number of ketones is 1. The van der Waals surface area contributed by atoms with E-state index in [-0.39, 0.29) is 28.0 Å². The van der Waals surface area contributed by atoms with Gasteiger partial charge in [-0.3, -0.25) is 4.79 Å². The van der Waals surface area contributed by atoms with Crippen LogP contribution in [0.3, 0.4) is 0 Å². The van der Waals surface area contributed by atoms with E-state index in [4.69, 9.17) is 0 Å². The molecule has 1 aromatic carbocycles. The van der Waals surface area contributed by atoms with Crippen molar-refractivity contribution < 1.29 is 14.3 Å². The zero-order chi connectivity index (χ0) is 19.3. The van der Waals surface area contributed by atoms with Crippen molar-refractivity contribution in [1.29, 1.82) is 0 Å². The van der Waals surface area contributed by atoms with Gasteiger partial charge in [0.2, 0.25) is 11.6 Å². The molecule has 26 heavy (non-hydrogen) atoms. The van der Waals surface area contributed by atoms with Crippen molar-refractivity contribution in [3.05, 3.63) is 58.2 Å². The summed E-state index contributed by atoms with van der Waals surface area (Å²) < 4.78 is 4.63. The molecule has 0 fully saturated rings. The van der Waals surface area contributed by atoms with Crippen molar-refractivity contribution in [3.8, 4) is 0 Å². The van der Waals surface area contributed by atoms with Crippen molar-refractivity contribution >= 4 is 11.8 Å². The number of ether oxygens (including phenoxy) is 1. The summed E-state index contributed by atoms with van der Waals surface area (Å²) in [5.74, 6) is -0.681. The fraction of sp³-hybridized carbons (Fsp3) is 0.429. The molecule has 0 saturated carbocycles. The molecule has 0 atom stereocenters. The van der Waals surface area contributed by atoms with Crippen molar-refractivity contribution in [2.24, 2.45) is 0 Å². The van der Waals surface area contributed by atoms with Gasteiger partial charge in [-0.15, -0.1) is 0 Å². The molecule has 1 aliphatic carbocycles. The number of benzene rings is 1. The highest BCUT2D eigenvalue weighted by Gasteiger charge is 2.42. The number of carbonyl (C=O) groups is 2. The highest BCUT2D eigenvalue weighted by molar-refractivity contribution is 6.07. The predicted molar refractivity (Wildman–Crippen MR) is 98.7 cm³/mol. The van der Waals surface area contributed by atoms with Crippen molar-refractivity contribution in [3.63, 3.8) is 0 Å². The normalized spacial score (nSPS) is 16.8. The average Bonchev–Trinajstić information content (AvgIpc) is 2.77. The minimum absolute atomic E-state index is 0.0111. The third-order valence-corrected chi connectivity index (χ3v) is 5.23. The molecule has 0 aliphatic heterocycles. The number of hydrogen-bond acceptors (Lipinski definition) is 5. The molecular weight excluding hydrogens is 328 g/mol. The third-order valence-electron chi connectivity index (χ3n) is 5.23. The molecule has 0 N–H and O–H groups in total. The summed E-state index contributed by atoms with van der Waals surface area (Å²) in [7, 11) is 1.29. The van der Waals surface area contributed by atoms with Gasteiger partial charge < -0.3 is 4.74 Å². The van der Waals surface area contributed by atoms with E-state index < -0.39 is 5.97 Å². The van der Waals surface area contributed by atoms with Gasteiger partial charge in [0.15, 0.2) is 0 Å². The number of methoxy groups -OCH3 is 1. The number of carbonyl (C=O) groups excluding carboxylic acids is 2. The summed E-state index contributed by atoms with van der Waals surface area (Å²) in [6.07, 6.45) is 3.68. The van der Waals surface area contributed by atoms with E-state index in [2.05, 4.69) is 48.5 Å². The van der Waals surface area contributed by atoms with Crippen LogP contribution in [-0.2, 0) is 15.6 Å². The Morgan fingerprint density at radius 1 is 1.00 bits per heavy atom. The van der Waals surface area contributed by atoms with Crippen molar-refractivity contribution in [2.75, 3.05) is 7.11 Å². The van der Waals surface area contributed by atoms with E-state index in [0.717, 1.165) is 12.0 Å². The Kier molecular flexibility index (Phi) is 4.21. The third kappa shape index (κ3) is 2.91. The van der Waals surface area contributed by atoms with Crippen LogP contribution in [0, 0.1) is 6.92 Å². The molecule has 5 nitrogen and oxygen atoms in total.